The molecule has 1 fully saturated rings. The van der Waals surface area contributed by atoms with Gasteiger partial charge in [-0.25, -0.2) is 0 Å². The highest BCUT2D eigenvalue weighted by Gasteiger charge is 2.42. The Morgan fingerprint density at radius 1 is 1.47 bits per heavy atom. The zero-order valence-corrected chi connectivity index (χ0v) is 14.2. The lowest BCUT2D eigenvalue weighted by Gasteiger charge is -2.30. The van der Waals surface area contributed by atoms with Gasteiger partial charge in [0.25, 0.3) is 0 Å². The van der Waals surface area contributed by atoms with Crippen molar-refractivity contribution in [3.8, 4) is 0 Å². The van der Waals surface area contributed by atoms with E-state index in [1.165, 1.54) is 29.4 Å². The van der Waals surface area contributed by atoms with Gasteiger partial charge in [0.15, 0.2) is 0 Å². The van der Waals surface area contributed by atoms with Gasteiger partial charge in [-0.2, -0.15) is 5.10 Å². The maximum absolute atomic E-state index is 4.52. The minimum atomic E-state index is 0.359. The van der Waals surface area contributed by atoms with E-state index in [9.17, 15) is 0 Å². The molecule has 0 radical (unpaired) electrons. The van der Waals surface area contributed by atoms with Crippen molar-refractivity contribution >= 4 is 15.9 Å². The summed E-state index contributed by atoms with van der Waals surface area (Å²) in [5.41, 5.74) is 2.79. The van der Waals surface area contributed by atoms with E-state index in [0.717, 1.165) is 31.1 Å². The van der Waals surface area contributed by atoms with Crippen molar-refractivity contribution in [2.24, 2.45) is 18.4 Å². The molecule has 0 spiro atoms. The highest BCUT2D eigenvalue weighted by atomic mass is 79.9. The fourth-order valence-electron chi connectivity index (χ4n) is 2.94. The Labute approximate surface area is 125 Å². The first kappa shape index (κ1) is 15.0. The van der Waals surface area contributed by atoms with E-state index in [4.69, 9.17) is 0 Å². The van der Waals surface area contributed by atoms with E-state index in [-0.39, 0.29) is 0 Å². The van der Waals surface area contributed by atoms with Crippen molar-refractivity contribution in [2.75, 3.05) is 13.1 Å². The minimum absolute atomic E-state index is 0.359. The second-order valence-corrected chi connectivity index (χ2v) is 7.04. The molecule has 1 heterocycles. The van der Waals surface area contributed by atoms with Crippen LogP contribution in [0.2, 0.25) is 0 Å². The number of hydrogen-bond acceptors (Lipinski definition) is 2. The van der Waals surface area contributed by atoms with Gasteiger partial charge in [-0.15, -0.1) is 0 Å². The Morgan fingerprint density at radius 3 is 2.63 bits per heavy atom. The zero-order chi connectivity index (χ0) is 14.0. The summed E-state index contributed by atoms with van der Waals surface area (Å²) in [6.45, 7) is 8.96. The Hall–Kier alpha value is -0.350. The van der Waals surface area contributed by atoms with Gasteiger partial charge in [0.2, 0.25) is 0 Å². The molecule has 19 heavy (non-hydrogen) atoms. The number of halogens is 1. The van der Waals surface area contributed by atoms with Crippen LogP contribution in [0.5, 0.6) is 0 Å². The average molecular weight is 328 g/mol. The summed E-state index contributed by atoms with van der Waals surface area (Å²) in [7, 11) is 2.06. The number of nitrogens with one attached hydrogen (secondary N) is 1. The van der Waals surface area contributed by atoms with Crippen LogP contribution >= 0.6 is 15.9 Å². The predicted octanol–water partition coefficient (Wildman–Crippen LogP) is 3.45. The van der Waals surface area contributed by atoms with Crippen molar-refractivity contribution < 1.29 is 0 Å². The smallest absolute Gasteiger partial charge is 0.0738 e. The maximum atomic E-state index is 4.52. The van der Waals surface area contributed by atoms with Crippen LogP contribution in [0.25, 0.3) is 0 Å². The molecule has 1 N–H and O–H groups in total. The molecule has 1 atom stereocenters. The zero-order valence-electron chi connectivity index (χ0n) is 12.6. The second kappa shape index (κ2) is 5.96. The van der Waals surface area contributed by atoms with Crippen molar-refractivity contribution in [3.63, 3.8) is 0 Å². The molecule has 1 aromatic rings. The predicted molar refractivity (Wildman–Crippen MR) is 83.3 cm³/mol. The molecule has 1 aromatic heterocycles. The summed E-state index contributed by atoms with van der Waals surface area (Å²) in [5, 5.41) is 8.14. The van der Waals surface area contributed by atoms with E-state index in [1.54, 1.807) is 0 Å². The molecule has 1 aliphatic rings. The van der Waals surface area contributed by atoms with Crippen LogP contribution in [-0.2, 0) is 13.5 Å². The van der Waals surface area contributed by atoms with Crippen LogP contribution in [0.3, 0.4) is 0 Å². The lowest BCUT2D eigenvalue weighted by Crippen LogP contribution is -2.36. The van der Waals surface area contributed by atoms with Crippen LogP contribution in [0.4, 0.5) is 0 Å². The molecule has 0 bridgehead atoms. The molecule has 3 nitrogen and oxygen atoms in total. The van der Waals surface area contributed by atoms with Gasteiger partial charge in [0, 0.05) is 13.6 Å². The standard InChI is InChI=1S/C15H26BrN3/c1-5-8-17-10-15(3,12-6-7-12)9-13-14(16)11(2)18-19(13)4/h12,17H,5-10H2,1-4H3. The van der Waals surface area contributed by atoms with Crippen LogP contribution in [-0.4, -0.2) is 22.9 Å². The van der Waals surface area contributed by atoms with Crippen LogP contribution in [0, 0.1) is 18.3 Å². The van der Waals surface area contributed by atoms with Gasteiger partial charge in [0.05, 0.1) is 15.9 Å². The lowest BCUT2D eigenvalue weighted by atomic mass is 9.80. The van der Waals surface area contributed by atoms with Gasteiger partial charge < -0.3 is 5.32 Å². The summed E-state index contributed by atoms with van der Waals surface area (Å²) in [6.07, 6.45) is 5.08. The molecule has 108 valence electrons. The van der Waals surface area contributed by atoms with Crippen molar-refractivity contribution in [1.29, 1.82) is 0 Å². The van der Waals surface area contributed by atoms with Crippen LogP contribution in [0.1, 0.15) is 44.5 Å². The molecule has 0 amide bonds. The Morgan fingerprint density at radius 2 is 2.16 bits per heavy atom. The fourth-order valence-corrected chi connectivity index (χ4v) is 3.41. The van der Waals surface area contributed by atoms with E-state index in [1.807, 2.05) is 4.68 Å². The van der Waals surface area contributed by atoms with Gasteiger partial charge in [-0.1, -0.05) is 13.8 Å². The number of aryl methyl sites for hydroxylation is 2. The average Bonchev–Trinajstić information content (AvgIpc) is 3.16. The molecular weight excluding hydrogens is 302 g/mol. The molecule has 2 rings (SSSR count). The van der Waals surface area contributed by atoms with Gasteiger partial charge >= 0.3 is 0 Å². The molecule has 1 aliphatic carbocycles. The monoisotopic (exact) mass is 327 g/mol. The first-order chi connectivity index (χ1) is 8.98. The molecule has 0 saturated heterocycles. The minimum Gasteiger partial charge on any atom is -0.316 e. The number of rotatable bonds is 7. The van der Waals surface area contributed by atoms with Gasteiger partial charge in [-0.05, 0) is 66.4 Å². The maximum Gasteiger partial charge on any atom is 0.0738 e. The molecule has 1 unspecified atom stereocenters. The molecule has 1 saturated carbocycles. The quantitative estimate of drug-likeness (QED) is 0.777. The number of nitrogens with zero attached hydrogens (tertiary/aromatic N) is 2. The van der Waals surface area contributed by atoms with E-state index in [2.05, 4.69) is 54.2 Å². The van der Waals surface area contributed by atoms with E-state index in [0.29, 0.717) is 5.41 Å². The number of hydrogen-bond donors (Lipinski definition) is 1. The van der Waals surface area contributed by atoms with Crippen LogP contribution in [0.15, 0.2) is 4.47 Å². The normalized spacial score (nSPS) is 18.6. The van der Waals surface area contributed by atoms with Crippen molar-refractivity contribution in [1.82, 2.24) is 15.1 Å². The topological polar surface area (TPSA) is 29.9 Å². The summed E-state index contributed by atoms with van der Waals surface area (Å²) in [4.78, 5) is 0. The first-order valence-electron chi connectivity index (χ1n) is 7.36. The third-order valence-electron chi connectivity index (χ3n) is 4.35. The molecule has 0 aliphatic heterocycles. The van der Waals surface area contributed by atoms with Gasteiger partial charge in [0.1, 0.15) is 0 Å². The summed E-state index contributed by atoms with van der Waals surface area (Å²) in [6, 6.07) is 0. The number of aromatic nitrogens is 2. The van der Waals surface area contributed by atoms with Crippen molar-refractivity contribution in [3.05, 3.63) is 15.9 Å². The SMILES string of the molecule is CCCNCC(C)(Cc1c(Br)c(C)nn1C)C1CC1. The molecule has 0 aromatic carbocycles. The van der Waals surface area contributed by atoms with E-state index >= 15 is 0 Å². The Balaban J connectivity index is 2.11. The first-order valence-corrected chi connectivity index (χ1v) is 8.16. The largest absolute Gasteiger partial charge is 0.316 e. The summed E-state index contributed by atoms with van der Waals surface area (Å²) >= 11 is 3.70. The fraction of sp³-hybridized carbons (Fsp3) is 0.800. The van der Waals surface area contributed by atoms with Crippen molar-refractivity contribution in [2.45, 2.75) is 46.5 Å². The summed E-state index contributed by atoms with van der Waals surface area (Å²) < 4.78 is 3.23. The third-order valence-corrected chi connectivity index (χ3v) is 5.38. The lowest BCUT2D eigenvalue weighted by molar-refractivity contribution is 0.250. The van der Waals surface area contributed by atoms with Crippen LogP contribution < -0.4 is 5.32 Å². The highest BCUT2D eigenvalue weighted by Crippen LogP contribution is 2.47. The second-order valence-electron chi connectivity index (χ2n) is 6.25. The third kappa shape index (κ3) is 3.40. The Bertz CT molecular complexity index is 437. The van der Waals surface area contributed by atoms with Gasteiger partial charge in [-0.3, -0.25) is 4.68 Å². The summed E-state index contributed by atoms with van der Waals surface area (Å²) in [5.74, 6) is 0.874. The molecular formula is C15H26BrN3. The highest BCUT2D eigenvalue weighted by molar-refractivity contribution is 9.10. The Kier molecular flexibility index (Phi) is 4.72. The van der Waals surface area contributed by atoms with E-state index < -0.39 is 0 Å². The molecule has 4 heteroatoms.